The second kappa shape index (κ2) is 4.23. The van der Waals surface area contributed by atoms with Gasteiger partial charge in [-0.2, -0.15) is 22.0 Å². The van der Waals surface area contributed by atoms with Crippen LogP contribution in [0.3, 0.4) is 0 Å². The van der Waals surface area contributed by atoms with Gasteiger partial charge >= 0.3 is 12.1 Å². The monoisotopic (exact) mass is 213 g/mol. The standard InChI is InChI=1S/C5H8F5N.ClH/c1-2-3(11)4(6,7)5(8,9)10;/h3H,2,11H2,1H3;1H. The van der Waals surface area contributed by atoms with Gasteiger partial charge < -0.3 is 5.73 Å². The number of halogens is 6. The van der Waals surface area contributed by atoms with Crippen LogP contribution >= 0.6 is 12.4 Å². The number of hydrogen-bond acceptors (Lipinski definition) is 1. The van der Waals surface area contributed by atoms with Crippen molar-refractivity contribution in [1.29, 1.82) is 0 Å². The zero-order chi connectivity index (χ0) is 9.28. The second-order valence-corrected chi connectivity index (χ2v) is 2.14. The summed E-state index contributed by atoms with van der Waals surface area (Å²) in [5.41, 5.74) is 4.57. The van der Waals surface area contributed by atoms with Gasteiger partial charge in [0.25, 0.3) is 0 Å². The van der Waals surface area contributed by atoms with Crippen molar-refractivity contribution in [2.45, 2.75) is 31.5 Å². The van der Waals surface area contributed by atoms with E-state index in [0.29, 0.717) is 0 Å². The molecule has 0 bridgehead atoms. The van der Waals surface area contributed by atoms with E-state index in [1.807, 2.05) is 0 Å². The van der Waals surface area contributed by atoms with Gasteiger partial charge in [-0.3, -0.25) is 0 Å². The molecule has 0 saturated carbocycles. The Balaban J connectivity index is 0. The molecule has 1 unspecified atom stereocenters. The van der Waals surface area contributed by atoms with E-state index in [4.69, 9.17) is 0 Å². The van der Waals surface area contributed by atoms with E-state index in [2.05, 4.69) is 5.73 Å². The Morgan fingerprint density at radius 3 is 1.58 bits per heavy atom. The van der Waals surface area contributed by atoms with Crippen LogP contribution in [-0.4, -0.2) is 18.1 Å². The van der Waals surface area contributed by atoms with Crippen LogP contribution in [0.25, 0.3) is 0 Å². The van der Waals surface area contributed by atoms with E-state index >= 15 is 0 Å². The fraction of sp³-hybridized carbons (Fsp3) is 1.00. The van der Waals surface area contributed by atoms with Gasteiger partial charge in [0.05, 0.1) is 6.04 Å². The molecule has 0 aromatic carbocycles. The van der Waals surface area contributed by atoms with Crippen molar-refractivity contribution in [2.75, 3.05) is 0 Å². The minimum atomic E-state index is -5.54. The molecule has 0 saturated heterocycles. The molecule has 1 nitrogen and oxygen atoms in total. The summed E-state index contributed by atoms with van der Waals surface area (Å²) in [4.78, 5) is 0. The maximum Gasteiger partial charge on any atom is 0.454 e. The number of rotatable bonds is 2. The van der Waals surface area contributed by atoms with Gasteiger partial charge in [0.2, 0.25) is 0 Å². The highest BCUT2D eigenvalue weighted by Gasteiger charge is 2.60. The van der Waals surface area contributed by atoms with Gasteiger partial charge in [-0.25, -0.2) is 0 Å². The van der Waals surface area contributed by atoms with Crippen LogP contribution in [0.1, 0.15) is 13.3 Å². The summed E-state index contributed by atoms with van der Waals surface area (Å²) in [6.45, 7) is 1.17. The lowest BCUT2D eigenvalue weighted by Crippen LogP contribution is -2.51. The van der Waals surface area contributed by atoms with Crippen molar-refractivity contribution in [1.82, 2.24) is 0 Å². The van der Waals surface area contributed by atoms with Gasteiger partial charge in [0.15, 0.2) is 0 Å². The van der Waals surface area contributed by atoms with Gasteiger partial charge in [-0.1, -0.05) is 6.92 Å². The van der Waals surface area contributed by atoms with Crippen molar-refractivity contribution in [3.63, 3.8) is 0 Å². The summed E-state index contributed by atoms with van der Waals surface area (Å²) >= 11 is 0. The third kappa shape index (κ3) is 2.75. The first-order chi connectivity index (χ1) is 4.73. The third-order valence-corrected chi connectivity index (χ3v) is 1.28. The molecule has 0 aromatic rings. The minimum absolute atomic E-state index is 0. The van der Waals surface area contributed by atoms with Gasteiger partial charge in [0, 0.05) is 0 Å². The molecule has 76 valence electrons. The molecule has 0 aliphatic carbocycles. The fourth-order valence-corrected chi connectivity index (χ4v) is 0.467. The van der Waals surface area contributed by atoms with Crippen molar-refractivity contribution in [2.24, 2.45) is 5.73 Å². The molecule has 0 fully saturated rings. The molecule has 2 N–H and O–H groups in total. The van der Waals surface area contributed by atoms with E-state index in [-0.39, 0.29) is 12.4 Å². The first kappa shape index (κ1) is 14.4. The fourth-order valence-electron chi connectivity index (χ4n) is 0.467. The topological polar surface area (TPSA) is 26.0 Å². The summed E-state index contributed by atoms with van der Waals surface area (Å²) in [6, 6.07) is -2.15. The number of nitrogens with two attached hydrogens (primary N) is 1. The van der Waals surface area contributed by atoms with E-state index < -0.39 is 24.6 Å². The first-order valence-electron chi connectivity index (χ1n) is 2.93. The SMILES string of the molecule is CCC(N)C(F)(F)C(F)(F)F.Cl. The van der Waals surface area contributed by atoms with Crippen molar-refractivity contribution in [3.05, 3.63) is 0 Å². The summed E-state index contributed by atoms with van der Waals surface area (Å²) in [6.07, 6.45) is -5.95. The predicted molar refractivity (Wildman–Crippen MR) is 36.5 cm³/mol. The average molecular weight is 214 g/mol. The zero-order valence-electron chi connectivity index (χ0n) is 6.16. The summed E-state index contributed by atoms with van der Waals surface area (Å²) in [5, 5.41) is 0. The summed E-state index contributed by atoms with van der Waals surface area (Å²) in [7, 11) is 0. The largest absolute Gasteiger partial charge is 0.454 e. The molecule has 0 radical (unpaired) electrons. The summed E-state index contributed by atoms with van der Waals surface area (Å²) in [5.74, 6) is -4.78. The van der Waals surface area contributed by atoms with E-state index in [0.717, 1.165) is 0 Å². The molecule has 0 rings (SSSR count). The minimum Gasteiger partial charge on any atom is -0.322 e. The molecule has 1 atom stereocenters. The predicted octanol–water partition coefficient (Wildman–Crippen LogP) is 2.34. The van der Waals surface area contributed by atoms with Crippen molar-refractivity contribution < 1.29 is 22.0 Å². The maximum absolute atomic E-state index is 12.1. The van der Waals surface area contributed by atoms with Crippen LogP contribution in [0.15, 0.2) is 0 Å². The maximum atomic E-state index is 12.1. The van der Waals surface area contributed by atoms with Crippen LogP contribution in [0.5, 0.6) is 0 Å². The zero-order valence-corrected chi connectivity index (χ0v) is 6.98. The lowest BCUT2D eigenvalue weighted by atomic mass is 10.1. The van der Waals surface area contributed by atoms with Crippen LogP contribution < -0.4 is 5.73 Å². The molecule has 0 aliphatic heterocycles. The molecule has 0 aliphatic rings. The van der Waals surface area contributed by atoms with E-state index in [1.54, 1.807) is 0 Å². The molecular formula is C5H9ClF5N. The third-order valence-electron chi connectivity index (χ3n) is 1.28. The molecule has 12 heavy (non-hydrogen) atoms. The van der Waals surface area contributed by atoms with Gasteiger partial charge in [-0.05, 0) is 6.42 Å². The van der Waals surface area contributed by atoms with Gasteiger partial charge in [-0.15, -0.1) is 12.4 Å². The first-order valence-corrected chi connectivity index (χ1v) is 2.93. The average Bonchev–Trinajstić information content (AvgIpc) is 1.83. The molecule has 0 spiro atoms. The Kier molecular flexibility index (Phi) is 5.08. The Hall–Kier alpha value is -0.100. The van der Waals surface area contributed by atoms with Crippen LogP contribution in [0.2, 0.25) is 0 Å². The quantitative estimate of drug-likeness (QED) is 0.700. The normalized spacial score (nSPS) is 15.2. The number of alkyl halides is 5. The summed E-state index contributed by atoms with van der Waals surface area (Å²) < 4.78 is 58.5. The Bertz CT molecular complexity index is 134. The molecule has 0 aromatic heterocycles. The lowest BCUT2D eigenvalue weighted by molar-refractivity contribution is -0.289. The van der Waals surface area contributed by atoms with Crippen molar-refractivity contribution in [3.8, 4) is 0 Å². The smallest absolute Gasteiger partial charge is 0.322 e. The Morgan fingerprint density at radius 1 is 1.17 bits per heavy atom. The highest BCUT2D eigenvalue weighted by molar-refractivity contribution is 5.85. The Morgan fingerprint density at radius 2 is 1.50 bits per heavy atom. The molecular weight excluding hydrogens is 205 g/mol. The second-order valence-electron chi connectivity index (χ2n) is 2.14. The molecule has 7 heteroatoms. The number of hydrogen-bond donors (Lipinski definition) is 1. The van der Waals surface area contributed by atoms with E-state index in [9.17, 15) is 22.0 Å². The van der Waals surface area contributed by atoms with Crippen LogP contribution in [0, 0.1) is 0 Å². The van der Waals surface area contributed by atoms with Gasteiger partial charge in [0.1, 0.15) is 0 Å². The van der Waals surface area contributed by atoms with Crippen LogP contribution in [0.4, 0.5) is 22.0 Å². The van der Waals surface area contributed by atoms with Crippen molar-refractivity contribution >= 4 is 12.4 Å². The molecule has 0 amide bonds. The molecule has 0 heterocycles. The Labute approximate surface area is 72.5 Å². The highest BCUT2D eigenvalue weighted by atomic mass is 35.5. The van der Waals surface area contributed by atoms with E-state index in [1.165, 1.54) is 6.92 Å². The highest BCUT2D eigenvalue weighted by Crippen LogP contribution is 2.37. The van der Waals surface area contributed by atoms with Crippen LogP contribution in [-0.2, 0) is 0 Å². The lowest BCUT2D eigenvalue weighted by Gasteiger charge is -2.24.